The van der Waals surface area contributed by atoms with Crippen LogP contribution in [0, 0.1) is 19.7 Å². The predicted octanol–water partition coefficient (Wildman–Crippen LogP) is 5.84. The van der Waals surface area contributed by atoms with Gasteiger partial charge < -0.3 is 10.6 Å². The van der Waals surface area contributed by atoms with E-state index in [2.05, 4.69) is 20.8 Å². The molecule has 4 aromatic carbocycles. The quantitative estimate of drug-likeness (QED) is 0.242. The van der Waals surface area contributed by atoms with Crippen LogP contribution in [0.3, 0.4) is 0 Å². The molecule has 196 valence electrons. The molecule has 0 aliphatic heterocycles. The fourth-order valence-electron chi connectivity index (χ4n) is 4.27. The molecule has 0 unspecified atom stereocenters. The number of hydrogen-bond donors (Lipinski definition) is 2. The highest BCUT2D eigenvalue weighted by Gasteiger charge is 2.19. The van der Waals surface area contributed by atoms with Gasteiger partial charge in [0.2, 0.25) is 5.91 Å². The smallest absolute Gasteiger partial charge is 0.252 e. The molecule has 9 heteroatoms. The molecule has 0 saturated carbocycles. The van der Waals surface area contributed by atoms with Crippen molar-refractivity contribution in [1.29, 1.82) is 0 Å². The van der Waals surface area contributed by atoms with Crippen LogP contribution < -0.4 is 10.6 Å². The third-order valence-electron chi connectivity index (χ3n) is 6.42. The largest absolute Gasteiger partial charge is 0.345 e. The van der Waals surface area contributed by atoms with Gasteiger partial charge in [0, 0.05) is 11.3 Å². The first kappa shape index (κ1) is 26.1. The molecule has 5 aromatic rings. The van der Waals surface area contributed by atoms with Gasteiger partial charge in [-0.2, -0.15) is 0 Å². The first-order chi connectivity index (χ1) is 18.9. The minimum atomic E-state index is -0.371. The standard InChI is InChI=1S/C30H26FN5O2S/c1-19-7-5-12-26(20(19)2)36-27(17-32-29(38)25-11-6-9-21-8-3-4-10-24(21)25)34-35-30(36)39-18-28(37)33-23-15-13-22(31)14-16-23/h3-16H,17-18H2,1-2H3,(H,32,38)(H,33,37). The van der Waals surface area contributed by atoms with Crippen LogP contribution in [-0.4, -0.2) is 32.3 Å². The van der Waals surface area contributed by atoms with Crippen LogP contribution in [0.15, 0.2) is 90.1 Å². The summed E-state index contributed by atoms with van der Waals surface area (Å²) in [5.74, 6) is -0.228. The number of anilines is 1. The number of carbonyl (C=O) groups excluding carboxylic acids is 2. The van der Waals surface area contributed by atoms with Crippen LogP contribution in [0.5, 0.6) is 0 Å². The Morgan fingerprint density at radius 3 is 2.46 bits per heavy atom. The van der Waals surface area contributed by atoms with Crippen LogP contribution in [0.4, 0.5) is 10.1 Å². The minimum Gasteiger partial charge on any atom is -0.345 e. The maximum absolute atomic E-state index is 13.2. The highest BCUT2D eigenvalue weighted by molar-refractivity contribution is 7.99. The summed E-state index contributed by atoms with van der Waals surface area (Å²) in [6, 6.07) is 24.9. The molecule has 39 heavy (non-hydrogen) atoms. The average Bonchev–Trinajstić information content (AvgIpc) is 3.35. The van der Waals surface area contributed by atoms with Crippen LogP contribution in [0.2, 0.25) is 0 Å². The first-order valence-corrected chi connectivity index (χ1v) is 13.3. The Bertz CT molecular complexity index is 1660. The first-order valence-electron chi connectivity index (χ1n) is 12.4. The van der Waals surface area contributed by atoms with Crippen molar-refractivity contribution in [2.45, 2.75) is 25.5 Å². The number of halogens is 1. The number of fused-ring (bicyclic) bond motifs is 1. The molecule has 5 rings (SSSR count). The maximum Gasteiger partial charge on any atom is 0.252 e. The number of benzene rings is 4. The second kappa shape index (κ2) is 11.5. The van der Waals surface area contributed by atoms with Crippen LogP contribution in [-0.2, 0) is 11.3 Å². The summed E-state index contributed by atoms with van der Waals surface area (Å²) in [6.45, 7) is 4.18. The van der Waals surface area contributed by atoms with Crippen molar-refractivity contribution in [2.75, 3.05) is 11.1 Å². The van der Waals surface area contributed by atoms with Crippen molar-refractivity contribution >= 4 is 40.0 Å². The van der Waals surface area contributed by atoms with E-state index in [4.69, 9.17) is 0 Å². The highest BCUT2D eigenvalue weighted by Crippen LogP contribution is 2.26. The Balaban J connectivity index is 1.38. The Hall–Kier alpha value is -4.50. The number of aromatic nitrogens is 3. The molecule has 2 N–H and O–H groups in total. The van der Waals surface area contributed by atoms with E-state index in [1.54, 1.807) is 6.07 Å². The molecule has 0 aliphatic carbocycles. The zero-order valence-electron chi connectivity index (χ0n) is 21.4. The zero-order chi connectivity index (χ0) is 27.4. The van der Waals surface area contributed by atoms with Gasteiger partial charge in [0.15, 0.2) is 11.0 Å². The second-order valence-electron chi connectivity index (χ2n) is 9.01. The summed E-state index contributed by atoms with van der Waals surface area (Å²) in [7, 11) is 0. The summed E-state index contributed by atoms with van der Waals surface area (Å²) < 4.78 is 15.1. The van der Waals surface area contributed by atoms with Gasteiger partial charge >= 0.3 is 0 Å². The lowest BCUT2D eigenvalue weighted by atomic mass is 10.0. The lowest BCUT2D eigenvalue weighted by Crippen LogP contribution is -2.25. The van der Waals surface area contributed by atoms with E-state index in [1.807, 2.05) is 73.0 Å². The Morgan fingerprint density at radius 2 is 1.64 bits per heavy atom. The molecule has 2 amide bonds. The van der Waals surface area contributed by atoms with Crippen molar-refractivity contribution < 1.29 is 14.0 Å². The van der Waals surface area contributed by atoms with Gasteiger partial charge in [-0.05, 0) is 72.1 Å². The van der Waals surface area contributed by atoms with Crippen LogP contribution >= 0.6 is 11.8 Å². The number of amides is 2. The van der Waals surface area contributed by atoms with Crippen LogP contribution in [0.25, 0.3) is 16.5 Å². The number of aryl methyl sites for hydroxylation is 1. The van der Waals surface area contributed by atoms with E-state index in [9.17, 15) is 14.0 Å². The Morgan fingerprint density at radius 1 is 0.897 bits per heavy atom. The van der Waals surface area contributed by atoms with Crippen molar-refractivity contribution in [1.82, 2.24) is 20.1 Å². The van der Waals surface area contributed by atoms with Gasteiger partial charge in [0.05, 0.1) is 18.0 Å². The summed E-state index contributed by atoms with van der Waals surface area (Å²) >= 11 is 1.23. The SMILES string of the molecule is Cc1cccc(-n2c(CNC(=O)c3cccc4ccccc34)nnc2SCC(=O)Nc2ccc(F)cc2)c1C. The maximum atomic E-state index is 13.2. The number of hydrogen-bond acceptors (Lipinski definition) is 5. The lowest BCUT2D eigenvalue weighted by molar-refractivity contribution is -0.113. The fraction of sp³-hybridized carbons (Fsp3) is 0.133. The summed E-state index contributed by atoms with van der Waals surface area (Å²) in [4.78, 5) is 25.8. The Labute approximate surface area is 229 Å². The fourth-order valence-corrected chi connectivity index (χ4v) is 5.03. The molecule has 0 radical (unpaired) electrons. The van der Waals surface area contributed by atoms with Crippen molar-refractivity contribution in [3.8, 4) is 5.69 Å². The third kappa shape index (κ3) is 5.83. The summed E-state index contributed by atoms with van der Waals surface area (Å²) in [6.07, 6.45) is 0. The molecule has 0 atom stereocenters. The minimum absolute atomic E-state index is 0.0722. The topological polar surface area (TPSA) is 88.9 Å². The number of rotatable bonds is 8. The highest BCUT2D eigenvalue weighted by atomic mass is 32.2. The van der Waals surface area contributed by atoms with E-state index >= 15 is 0 Å². The monoisotopic (exact) mass is 539 g/mol. The van der Waals surface area contributed by atoms with Crippen molar-refractivity contribution in [3.63, 3.8) is 0 Å². The molecule has 0 bridgehead atoms. The molecule has 0 saturated heterocycles. The molecule has 1 aromatic heterocycles. The molecular weight excluding hydrogens is 513 g/mol. The second-order valence-corrected chi connectivity index (χ2v) is 9.95. The van der Waals surface area contributed by atoms with E-state index in [0.717, 1.165) is 27.6 Å². The molecule has 0 spiro atoms. The van der Waals surface area contributed by atoms with Gasteiger partial charge in [-0.15, -0.1) is 10.2 Å². The van der Waals surface area contributed by atoms with E-state index in [0.29, 0.717) is 22.2 Å². The van der Waals surface area contributed by atoms with Gasteiger partial charge in [-0.25, -0.2) is 4.39 Å². The van der Waals surface area contributed by atoms with E-state index in [-0.39, 0.29) is 29.9 Å². The molecular formula is C30H26FN5O2S. The molecule has 0 aliphatic rings. The number of thioether (sulfide) groups is 1. The van der Waals surface area contributed by atoms with Crippen molar-refractivity contribution in [2.24, 2.45) is 0 Å². The van der Waals surface area contributed by atoms with Crippen molar-refractivity contribution in [3.05, 3.63) is 113 Å². The number of nitrogens with zero attached hydrogens (tertiary/aromatic N) is 3. The number of nitrogens with one attached hydrogen (secondary N) is 2. The van der Waals surface area contributed by atoms with Gasteiger partial charge in [0.25, 0.3) is 5.91 Å². The normalized spacial score (nSPS) is 10.9. The zero-order valence-corrected chi connectivity index (χ0v) is 22.3. The van der Waals surface area contributed by atoms with Gasteiger partial charge in [-0.1, -0.05) is 60.3 Å². The summed E-state index contributed by atoms with van der Waals surface area (Å²) in [5.41, 5.74) is 4.09. The van der Waals surface area contributed by atoms with Gasteiger partial charge in [-0.3, -0.25) is 14.2 Å². The number of carbonyl (C=O) groups is 2. The molecule has 7 nitrogen and oxygen atoms in total. The van der Waals surface area contributed by atoms with E-state index in [1.165, 1.54) is 36.0 Å². The predicted molar refractivity (Wildman–Crippen MR) is 152 cm³/mol. The van der Waals surface area contributed by atoms with Gasteiger partial charge in [0.1, 0.15) is 5.82 Å². The lowest BCUT2D eigenvalue weighted by Gasteiger charge is -2.15. The Kier molecular flexibility index (Phi) is 7.69. The summed E-state index contributed by atoms with van der Waals surface area (Å²) in [5, 5.41) is 16.8. The molecule has 1 heterocycles. The van der Waals surface area contributed by atoms with E-state index < -0.39 is 0 Å². The molecule has 0 fully saturated rings. The third-order valence-corrected chi connectivity index (χ3v) is 7.35. The average molecular weight is 540 g/mol. The van der Waals surface area contributed by atoms with Crippen LogP contribution in [0.1, 0.15) is 27.3 Å².